The third-order valence-electron chi connectivity index (χ3n) is 8.91. The minimum absolute atomic E-state index is 0.0306. The van der Waals surface area contributed by atoms with Crippen LogP contribution in [0.3, 0.4) is 0 Å². The summed E-state index contributed by atoms with van der Waals surface area (Å²) in [6.45, 7) is 11.7. The van der Waals surface area contributed by atoms with E-state index < -0.39 is 11.9 Å². The first kappa shape index (κ1) is 29.1. The minimum atomic E-state index is -0.727. The summed E-state index contributed by atoms with van der Waals surface area (Å²) in [5.41, 5.74) is 6.98. The number of aromatic nitrogens is 1. The topological polar surface area (TPSA) is 71.9 Å². The van der Waals surface area contributed by atoms with Gasteiger partial charge in [0.05, 0.1) is 13.0 Å². The molecule has 0 saturated heterocycles. The van der Waals surface area contributed by atoms with Crippen molar-refractivity contribution in [2.45, 2.75) is 91.0 Å². The van der Waals surface area contributed by atoms with Crippen LogP contribution in [0.15, 0.2) is 54.7 Å². The monoisotopic (exact) mass is 556 g/mol. The summed E-state index contributed by atoms with van der Waals surface area (Å²) < 4.78 is 12.1. The third-order valence-corrected chi connectivity index (χ3v) is 8.91. The second kappa shape index (κ2) is 12.2. The standard InChI is InChI=1S/C35H44N2O4/c1-21(2)37(22(3)4)20-29-17-27(11-13-30(29)26-15-16-36-33(19-26)40-6)31-14-12-24-7-10-28(18-32(24)41-31)34(25-8-9-25)23(5)35(38)39/h7,10-11,13,15-19,21-23,25,31,34H,8-9,12,14,20H2,1-6H3,(H,38,39)/t23-,31+,34?/m1/s1. The molecule has 3 atom stereocenters. The van der Waals surface area contributed by atoms with Crippen molar-refractivity contribution in [3.63, 3.8) is 0 Å². The smallest absolute Gasteiger partial charge is 0.306 e. The molecular formula is C35H44N2O4. The molecule has 1 saturated carbocycles. The third kappa shape index (κ3) is 6.43. The van der Waals surface area contributed by atoms with E-state index in [9.17, 15) is 9.90 Å². The van der Waals surface area contributed by atoms with Crippen LogP contribution in [0, 0.1) is 11.8 Å². The molecule has 1 N–H and O–H groups in total. The van der Waals surface area contributed by atoms with Gasteiger partial charge in [0, 0.05) is 30.9 Å². The van der Waals surface area contributed by atoms with Crippen molar-refractivity contribution in [3.8, 4) is 22.8 Å². The maximum absolute atomic E-state index is 11.9. The van der Waals surface area contributed by atoms with Crippen LogP contribution < -0.4 is 9.47 Å². The van der Waals surface area contributed by atoms with Gasteiger partial charge in [-0.2, -0.15) is 0 Å². The first-order valence-electron chi connectivity index (χ1n) is 15.1. The van der Waals surface area contributed by atoms with Crippen molar-refractivity contribution >= 4 is 5.97 Å². The number of fused-ring (bicyclic) bond motifs is 1. The van der Waals surface area contributed by atoms with E-state index in [4.69, 9.17) is 9.47 Å². The van der Waals surface area contributed by atoms with Gasteiger partial charge in [-0.1, -0.05) is 37.3 Å². The maximum atomic E-state index is 11.9. The molecule has 2 heterocycles. The number of pyridine rings is 1. The Morgan fingerprint density at radius 2 is 1.78 bits per heavy atom. The SMILES string of the molecule is COc1cc(-c2ccc([C@@H]3CCc4ccc(C(C5CC5)[C@@H](C)C(=O)O)cc4O3)cc2CN(C(C)C)C(C)C)ccn1. The van der Waals surface area contributed by atoms with E-state index in [0.717, 1.165) is 49.1 Å². The number of methoxy groups -OCH3 is 1. The number of carboxylic acid groups (broad SMARTS) is 1. The molecule has 0 bridgehead atoms. The van der Waals surface area contributed by atoms with Crippen LogP contribution in [0.5, 0.6) is 11.6 Å². The molecule has 6 heteroatoms. The number of carbonyl (C=O) groups is 1. The normalized spacial score (nSPS) is 18.2. The summed E-state index contributed by atoms with van der Waals surface area (Å²) in [4.78, 5) is 18.7. The molecule has 2 aromatic carbocycles. The van der Waals surface area contributed by atoms with Gasteiger partial charge in [-0.15, -0.1) is 0 Å². The Balaban J connectivity index is 1.47. The first-order chi connectivity index (χ1) is 19.7. The number of aliphatic carboxylic acids is 1. The van der Waals surface area contributed by atoms with E-state index in [1.807, 2.05) is 19.1 Å². The van der Waals surface area contributed by atoms with E-state index in [1.165, 1.54) is 22.3 Å². The summed E-state index contributed by atoms with van der Waals surface area (Å²) in [6.07, 6.45) is 5.79. The van der Waals surface area contributed by atoms with Crippen molar-refractivity contribution < 1.29 is 19.4 Å². The molecule has 5 rings (SSSR count). The second-order valence-electron chi connectivity index (χ2n) is 12.4. The molecule has 1 unspecified atom stereocenters. The first-order valence-corrected chi connectivity index (χ1v) is 15.1. The van der Waals surface area contributed by atoms with E-state index in [2.05, 4.69) is 74.0 Å². The Bertz CT molecular complexity index is 1370. The van der Waals surface area contributed by atoms with Gasteiger partial charge in [0.2, 0.25) is 5.88 Å². The molecular weight excluding hydrogens is 512 g/mol. The van der Waals surface area contributed by atoms with Crippen molar-refractivity contribution in [1.82, 2.24) is 9.88 Å². The van der Waals surface area contributed by atoms with Gasteiger partial charge in [-0.3, -0.25) is 9.69 Å². The number of hydrogen-bond donors (Lipinski definition) is 1. The van der Waals surface area contributed by atoms with Gasteiger partial charge >= 0.3 is 5.97 Å². The predicted octanol–water partition coefficient (Wildman–Crippen LogP) is 7.66. The molecule has 3 aromatic rings. The molecule has 6 nitrogen and oxygen atoms in total. The van der Waals surface area contributed by atoms with Gasteiger partial charge in [0.15, 0.2) is 0 Å². The number of aryl methyl sites for hydroxylation is 1. The quantitative estimate of drug-likeness (QED) is 0.261. The van der Waals surface area contributed by atoms with Crippen LogP contribution in [-0.2, 0) is 17.8 Å². The fourth-order valence-corrected chi connectivity index (χ4v) is 6.48. The Morgan fingerprint density at radius 1 is 1.02 bits per heavy atom. The van der Waals surface area contributed by atoms with Gasteiger partial charge in [-0.05, 0) is 111 Å². The fraction of sp³-hybridized carbons (Fsp3) is 0.486. The summed E-state index contributed by atoms with van der Waals surface area (Å²) in [5, 5.41) is 9.77. The van der Waals surface area contributed by atoms with E-state index >= 15 is 0 Å². The Kier molecular flexibility index (Phi) is 8.69. The molecule has 0 spiro atoms. The van der Waals surface area contributed by atoms with Crippen molar-refractivity contribution in [2.75, 3.05) is 7.11 Å². The molecule has 1 aliphatic heterocycles. The summed E-state index contributed by atoms with van der Waals surface area (Å²) in [5.74, 6) is 0.846. The highest BCUT2D eigenvalue weighted by molar-refractivity contribution is 5.71. The highest BCUT2D eigenvalue weighted by Crippen LogP contribution is 2.48. The summed E-state index contributed by atoms with van der Waals surface area (Å²) in [7, 11) is 1.65. The van der Waals surface area contributed by atoms with Crippen LogP contribution in [-0.4, -0.2) is 40.2 Å². The van der Waals surface area contributed by atoms with Crippen LogP contribution in [0.2, 0.25) is 0 Å². The van der Waals surface area contributed by atoms with Crippen LogP contribution in [0.1, 0.15) is 88.2 Å². The van der Waals surface area contributed by atoms with Gasteiger partial charge in [0.1, 0.15) is 11.9 Å². The molecule has 2 aliphatic rings. The van der Waals surface area contributed by atoms with Crippen molar-refractivity contribution in [1.29, 1.82) is 0 Å². The Labute approximate surface area is 244 Å². The lowest BCUT2D eigenvalue weighted by Gasteiger charge is -2.32. The van der Waals surface area contributed by atoms with Crippen molar-refractivity contribution in [3.05, 3.63) is 77.0 Å². The van der Waals surface area contributed by atoms with Crippen molar-refractivity contribution in [2.24, 2.45) is 11.8 Å². The van der Waals surface area contributed by atoms with Crippen LogP contribution in [0.25, 0.3) is 11.1 Å². The number of rotatable bonds is 11. The minimum Gasteiger partial charge on any atom is -0.485 e. The summed E-state index contributed by atoms with van der Waals surface area (Å²) in [6, 6.07) is 18.0. The van der Waals surface area contributed by atoms with Gasteiger partial charge in [-0.25, -0.2) is 4.98 Å². The Hall–Kier alpha value is -3.38. The summed E-state index contributed by atoms with van der Waals surface area (Å²) >= 11 is 0. The highest BCUT2D eigenvalue weighted by Gasteiger charge is 2.39. The average molecular weight is 557 g/mol. The van der Waals surface area contributed by atoms with Crippen LogP contribution >= 0.6 is 0 Å². The molecule has 1 aliphatic carbocycles. The molecule has 1 fully saturated rings. The zero-order valence-electron chi connectivity index (χ0n) is 25.3. The maximum Gasteiger partial charge on any atom is 0.306 e. The molecule has 0 amide bonds. The number of nitrogens with zero attached hydrogens (tertiary/aromatic N) is 2. The lowest BCUT2D eigenvalue weighted by Crippen LogP contribution is -2.36. The number of hydrogen-bond acceptors (Lipinski definition) is 5. The van der Waals surface area contributed by atoms with Gasteiger partial charge < -0.3 is 14.6 Å². The average Bonchev–Trinajstić information content (AvgIpc) is 3.80. The lowest BCUT2D eigenvalue weighted by molar-refractivity contribution is -0.142. The van der Waals surface area contributed by atoms with E-state index in [-0.39, 0.29) is 12.0 Å². The number of benzene rings is 2. The predicted molar refractivity (Wildman–Crippen MR) is 162 cm³/mol. The zero-order chi connectivity index (χ0) is 29.3. The largest absolute Gasteiger partial charge is 0.485 e. The Morgan fingerprint density at radius 3 is 2.44 bits per heavy atom. The lowest BCUT2D eigenvalue weighted by atomic mass is 9.82. The van der Waals surface area contributed by atoms with Gasteiger partial charge in [0.25, 0.3) is 0 Å². The molecule has 41 heavy (non-hydrogen) atoms. The number of ether oxygens (including phenoxy) is 2. The molecule has 0 radical (unpaired) electrons. The van der Waals surface area contributed by atoms with E-state index in [1.54, 1.807) is 13.3 Å². The highest BCUT2D eigenvalue weighted by atomic mass is 16.5. The van der Waals surface area contributed by atoms with E-state index in [0.29, 0.717) is 23.9 Å². The number of carboxylic acids is 1. The molecule has 1 aromatic heterocycles. The zero-order valence-corrected chi connectivity index (χ0v) is 25.3. The molecule has 218 valence electrons. The van der Waals surface area contributed by atoms with Crippen LogP contribution in [0.4, 0.5) is 0 Å². The second-order valence-corrected chi connectivity index (χ2v) is 12.4. The fourth-order valence-electron chi connectivity index (χ4n) is 6.48.